The molecule has 5 rings (SSSR count). The standard InChI is InChI=1S/C27H30F3N5O2/c1-25(2)11-16-10-15(12-31)4-5-17(16)24(26(37,14-25)27(28,29)30)33-20-7-6-18(23-19(20)13-32-34-23)21-8-9-22(36)35(21)3/h4,6-7,10,13,17,21,24,33,37H,5,8-9,11,14H2,1-3H3,(H,32,34). The number of fused-ring (bicyclic) bond motifs is 2. The average Bonchev–Trinajstić information content (AvgIpc) is 3.41. The molecule has 196 valence electrons. The summed E-state index contributed by atoms with van der Waals surface area (Å²) in [5.41, 5.74) is -0.797. The molecule has 1 amide bonds. The Bertz CT molecular complexity index is 1350. The summed E-state index contributed by atoms with van der Waals surface area (Å²) < 4.78 is 44.0. The van der Waals surface area contributed by atoms with Gasteiger partial charge in [0.2, 0.25) is 5.91 Å². The Kier molecular flexibility index (Phi) is 5.90. The van der Waals surface area contributed by atoms with E-state index in [1.165, 1.54) is 0 Å². The number of hydrogen-bond donors (Lipinski definition) is 3. The van der Waals surface area contributed by atoms with Crippen LogP contribution in [0.1, 0.15) is 57.6 Å². The molecule has 2 heterocycles. The summed E-state index contributed by atoms with van der Waals surface area (Å²) in [7, 11) is 1.74. The number of H-pyrrole nitrogens is 1. The van der Waals surface area contributed by atoms with Crippen molar-refractivity contribution in [3.63, 3.8) is 0 Å². The van der Waals surface area contributed by atoms with Crippen molar-refractivity contribution in [2.75, 3.05) is 12.4 Å². The molecule has 3 N–H and O–H groups in total. The van der Waals surface area contributed by atoms with Crippen LogP contribution in [0.2, 0.25) is 0 Å². The van der Waals surface area contributed by atoms with Gasteiger partial charge in [0.15, 0.2) is 5.60 Å². The molecule has 1 aromatic carbocycles. The number of aliphatic hydroxyl groups is 1. The predicted molar refractivity (Wildman–Crippen MR) is 132 cm³/mol. The van der Waals surface area contributed by atoms with Gasteiger partial charge in [-0.05, 0) is 43.2 Å². The van der Waals surface area contributed by atoms with Crippen LogP contribution >= 0.6 is 0 Å². The van der Waals surface area contributed by atoms with Gasteiger partial charge in [-0.2, -0.15) is 23.5 Å². The van der Waals surface area contributed by atoms with Gasteiger partial charge in [0.05, 0.1) is 29.9 Å². The first kappa shape index (κ1) is 25.3. The molecule has 7 nitrogen and oxygen atoms in total. The molecule has 4 unspecified atom stereocenters. The summed E-state index contributed by atoms with van der Waals surface area (Å²) in [5, 5.41) is 31.7. The molecule has 37 heavy (non-hydrogen) atoms. The first-order valence-corrected chi connectivity index (χ1v) is 12.4. The number of benzene rings is 1. The third kappa shape index (κ3) is 4.19. The molecule has 2 fully saturated rings. The van der Waals surface area contributed by atoms with E-state index in [1.54, 1.807) is 56.3 Å². The third-order valence-corrected chi connectivity index (χ3v) is 8.19. The van der Waals surface area contributed by atoms with Crippen LogP contribution in [-0.4, -0.2) is 51.0 Å². The number of amides is 1. The SMILES string of the molecule is CN1C(=O)CCC1c1ccc(NC2C3CC=C(C#N)C=C3CC(C)(C)CC2(O)C(F)(F)F)c2cn[nH]c12. The molecule has 1 saturated carbocycles. The van der Waals surface area contributed by atoms with Crippen LogP contribution in [0, 0.1) is 22.7 Å². The minimum Gasteiger partial charge on any atom is -0.379 e. The Balaban J connectivity index is 1.60. The number of allylic oxidation sites excluding steroid dienone is 3. The van der Waals surface area contributed by atoms with Crippen molar-refractivity contribution in [2.24, 2.45) is 11.3 Å². The quantitative estimate of drug-likeness (QED) is 0.527. The van der Waals surface area contributed by atoms with E-state index in [2.05, 4.69) is 21.6 Å². The number of likely N-dealkylation sites (tertiary alicyclic amines) is 1. The molecule has 0 spiro atoms. The number of aromatic nitrogens is 2. The van der Waals surface area contributed by atoms with E-state index in [9.17, 15) is 28.3 Å². The zero-order valence-electron chi connectivity index (χ0n) is 21.0. The van der Waals surface area contributed by atoms with Gasteiger partial charge in [0.1, 0.15) is 0 Å². The minimum absolute atomic E-state index is 0.0394. The summed E-state index contributed by atoms with van der Waals surface area (Å²) >= 11 is 0. The van der Waals surface area contributed by atoms with Crippen LogP contribution < -0.4 is 5.32 Å². The fraction of sp³-hybridized carbons (Fsp3) is 0.519. The van der Waals surface area contributed by atoms with Gasteiger partial charge in [0, 0.05) is 41.6 Å². The van der Waals surface area contributed by atoms with Crippen LogP contribution in [-0.2, 0) is 4.79 Å². The van der Waals surface area contributed by atoms with E-state index in [1.807, 2.05) is 0 Å². The number of halogens is 3. The molecule has 1 aromatic heterocycles. The normalized spacial score (nSPS) is 29.8. The van der Waals surface area contributed by atoms with Crippen molar-refractivity contribution in [1.82, 2.24) is 15.1 Å². The van der Waals surface area contributed by atoms with Crippen molar-refractivity contribution < 1.29 is 23.1 Å². The molecule has 1 saturated heterocycles. The highest BCUT2D eigenvalue weighted by Gasteiger charge is 2.63. The van der Waals surface area contributed by atoms with Crippen molar-refractivity contribution in [2.45, 2.75) is 69.8 Å². The lowest BCUT2D eigenvalue weighted by atomic mass is 9.75. The highest BCUT2D eigenvalue weighted by Crippen LogP contribution is 2.53. The zero-order chi connectivity index (χ0) is 26.8. The van der Waals surface area contributed by atoms with Crippen LogP contribution in [0.15, 0.2) is 41.6 Å². The second-order valence-corrected chi connectivity index (χ2v) is 11.3. The number of carbonyl (C=O) groups excluding carboxylic acids is 1. The molecule has 3 aliphatic rings. The average molecular weight is 514 g/mol. The fourth-order valence-corrected chi connectivity index (χ4v) is 6.46. The van der Waals surface area contributed by atoms with Gasteiger partial charge in [-0.15, -0.1) is 0 Å². The molecular weight excluding hydrogens is 483 g/mol. The monoisotopic (exact) mass is 513 g/mol. The van der Waals surface area contributed by atoms with Crippen molar-refractivity contribution in [3.8, 4) is 6.07 Å². The first-order chi connectivity index (χ1) is 17.3. The Morgan fingerprint density at radius 1 is 1.32 bits per heavy atom. The summed E-state index contributed by atoms with van der Waals surface area (Å²) in [4.78, 5) is 13.8. The highest BCUT2D eigenvalue weighted by atomic mass is 19.4. The first-order valence-electron chi connectivity index (χ1n) is 12.4. The largest absolute Gasteiger partial charge is 0.419 e. The van der Waals surface area contributed by atoms with Gasteiger partial charge < -0.3 is 15.3 Å². The summed E-state index contributed by atoms with van der Waals surface area (Å²) in [6, 6.07) is 4.07. The van der Waals surface area contributed by atoms with E-state index in [0.717, 1.165) is 11.1 Å². The van der Waals surface area contributed by atoms with Gasteiger partial charge in [-0.3, -0.25) is 9.89 Å². The maximum Gasteiger partial charge on any atom is 0.419 e. The Hall–Kier alpha value is -3.32. The van der Waals surface area contributed by atoms with Crippen LogP contribution in [0.3, 0.4) is 0 Å². The lowest BCUT2D eigenvalue weighted by Gasteiger charge is -2.43. The van der Waals surface area contributed by atoms with E-state index in [-0.39, 0.29) is 18.4 Å². The van der Waals surface area contributed by atoms with E-state index in [0.29, 0.717) is 41.4 Å². The Morgan fingerprint density at radius 2 is 2.08 bits per heavy atom. The number of hydrogen-bond acceptors (Lipinski definition) is 5. The number of anilines is 1. The maximum absolute atomic E-state index is 14.7. The molecular formula is C27H30F3N5O2. The van der Waals surface area contributed by atoms with Gasteiger partial charge in [-0.25, -0.2) is 0 Å². The number of aromatic amines is 1. The number of rotatable bonds is 3. The molecule has 1 aliphatic heterocycles. The van der Waals surface area contributed by atoms with Crippen LogP contribution in [0.4, 0.5) is 18.9 Å². The summed E-state index contributed by atoms with van der Waals surface area (Å²) in [6.45, 7) is 3.44. The fourth-order valence-electron chi connectivity index (χ4n) is 6.46. The third-order valence-electron chi connectivity index (χ3n) is 8.19. The lowest BCUT2D eigenvalue weighted by Crippen LogP contribution is -2.60. The van der Waals surface area contributed by atoms with Crippen LogP contribution in [0.5, 0.6) is 0 Å². The topological polar surface area (TPSA) is 105 Å². The molecule has 0 bridgehead atoms. The van der Waals surface area contributed by atoms with Crippen LogP contribution in [0.25, 0.3) is 10.9 Å². The number of nitriles is 1. The number of alkyl halides is 3. The maximum atomic E-state index is 14.7. The van der Waals surface area contributed by atoms with Crippen molar-refractivity contribution in [3.05, 3.63) is 47.2 Å². The predicted octanol–water partition coefficient (Wildman–Crippen LogP) is 5.15. The van der Waals surface area contributed by atoms with Gasteiger partial charge >= 0.3 is 6.18 Å². The minimum atomic E-state index is -4.89. The number of nitrogens with zero attached hydrogens (tertiary/aromatic N) is 3. The Morgan fingerprint density at radius 3 is 2.73 bits per heavy atom. The van der Waals surface area contributed by atoms with Gasteiger partial charge in [0.25, 0.3) is 0 Å². The van der Waals surface area contributed by atoms with Gasteiger partial charge in [-0.1, -0.05) is 31.6 Å². The van der Waals surface area contributed by atoms with E-state index < -0.39 is 35.6 Å². The van der Waals surface area contributed by atoms with E-state index in [4.69, 9.17) is 0 Å². The second kappa shape index (κ2) is 8.62. The van der Waals surface area contributed by atoms with Crippen molar-refractivity contribution >= 4 is 22.5 Å². The summed E-state index contributed by atoms with van der Waals surface area (Å²) in [5.74, 6) is -0.622. The molecule has 2 aliphatic carbocycles. The molecule has 2 aromatic rings. The Labute approximate surface area is 213 Å². The molecule has 0 radical (unpaired) electrons. The smallest absolute Gasteiger partial charge is 0.379 e. The summed E-state index contributed by atoms with van der Waals surface area (Å²) in [6.07, 6.45) is 1.12. The van der Waals surface area contributed by atoms with Crippen molar-refractivity contribution in [1.29, 1.82) is 5.26 Å². The zero-order valence-corrected chi connectivity index (χ0v) is 21.0. The lowest BCUT2D eigenvalue weighted by molar-refractivity contribution is -0.275. The number of nitrogens with one attached hydrogen (secondary N) is 2. The molecule has 10 heteroatoms. The highest BCUT2D eigenvalue weighted by molar-refractivity contribution is 5.94. The molecule has 4 atom stereocenters. The second-order valence-electron chi connectivity index (χ2n) is 11.3. The number of carbonyl (C=O) groups is 1. The van der Waals surface area contributed by atoms with E-state index >= 15 is 0 Å².